The van der Waals surface area contributed by atoms with Gasteiger partial charge in [0.05, 0.1) is 0 Å². The summed E-state index contributed by atoms with van der Waals surface area (Å²) in [5, 5.41) is 8.85. The topological polar surface area (TPSA) is 46.2 Å². The predicted molar refractivity (Wildman–Crippen MR) is 46.2 cm³/mol. The molecular weight excluding hydrogens is 138 g/mol. The van der Waals surface area contributed by atoms with Crippen molar-refractivity contribution < 1.29 is 5.11 Å². The third-order valence-electron chi connectivity index (χ3n) is 3.02. The van der Waals surface area contributed by atoms with E-state index in [4.69, 9.17) is 10.8 Å². The maximum atomic E-state index is 8.85. The molecule has 0 radical (unpaired) electrons. The summed E-state index contributed by atoms with van der Waals surface area (Å²) in [6.45, 7) is 3.32. The van der Waals surface area contributed by atoms with Crippen molar-refractivity contribution in [3.8, 4) is 0 Å². The fraction of sp³-hybridized carbons (Fsp3) is 1.00. The van der Waals surface area contributed by atoms with Crippen molar-refractivity contribution in [1.29, 1.82) is 0 Å². The van der Waals surface area contributed by atoms with Crippen LogP contribution in [0.1, 0.15) is 32.6 Å². The van der Waals surface area contributed by atoms with E-state index in [1.165, 1.54) is 19.3 Å². The van der Waals surface area contributed by atoms with Gasteiger partial charge >= 0.3 is 0 Å². The lowest BCUT2D eigenvalue weighted by atomic mass is 9.82. The molecule has 0 spiro atoms. The van der Waals surface area contributed by atoms with Crippen molar-refractivity contribution in [2.75, 3.05) is 13.2 Å². The van der Waals surface area contributed by atoms with Crippen molar-refractivity contribution in [3.63, 3.8) is 0 Å². The second kappa shape index (κ2) is 3.55. The molecule has 3 N–H and O–H groups in total. The predicted octanol–water partition coefficient (Wildman–Crippen LogP) is 1.13. The Bertz CT molecular complexity index is 123. The molecule has 1 rings (SSSR count). The van der Waals surface area contributed by atoms with Crippen LogP contribution in [-0.2, 0) is 0 Å². The van der Waals surface area contributed by atoms with E-state index >= 15 is 0 Å². The van der Waals surface area contributed by atoms with Crippen LogP contribution in [0, 0.1) is 11.3 Å². The van der Waals surface area contributed by atoms with E-state index in [0.717, 1.165) is 18.9 Å². The Balaban J connectivity index is 2.48. The van der Waals surface area contributed by atoms with Gasteiger partial charge < -0.3 is 10.8 Å². The Kier molecular flexibility index (Phi) is 2.90. The van der Waals surface area contributed by atoms with E-state index in [1.54, 1.807) is 0 Å². The van der Waals surface area contributed by atoms with Gasteiger partial charge in [0.1, 0.15) is 0 Å². The van der Waals surface area contributed by atoms with Gasteiger partial charge in [0.15, 0.2) is 0 Å². The van der Waals surface area contributed by atoms with Gasteiger partial charge in [0.2, 0.25) is 0 Å². The minimum absolute atomic E-state index is 0.286. The Morgan fingerprint density at radius 1 is 1.64 bits per heavy atom. The molecule has 1 aliphatic rings. The van der Waals surface area contributed by atoms with E-state index in [0.29, 0.717) is 6.61 Å². The molecule has 0 saturated heterocycles. The molecule has 0 aliphatic heterocycles. The van der Waals surface area contributed by atoms with Crippen LogP contribution in [-0.4, -0.2) is 18.3 Å². The summed E-state index contributed by atoms with van der Waals surface area (Å²) >= 11 is 0. The van der Waals surface area contributed by atoms with E-state index < -0.39 is 0 Å². The highest BCUT2D eigenvalue weighted by Crippen LogP contribution is 2.43. The number of aliphatic hydroxyl groups is 1. The molecule has 2 heteroatoms. The van der Waals surface area contributed by atoms with Gasteiger partial charge in [-0.1, -0.05) is 13.3 Å². The van der Waals surface area contributed by atoms with E-state index in [-0.39, 0.29) is 5.41 Å². The maximum absolute atomic E-state index is 8.85. The van der Waals surface area contributed by atoms with Crippen molar-refractivity contribution >= 4 is 0 Å². The van der Waals surface area contributed by atoms with Crippen LogP contribution in [0.4, 0.5) is 0 Å². The van der Waals surface area contributed by atoms with Gasteiger partial charge in [-0.25, -0.2) is 0 Å². The van der Waals surface area contributed by atoms with Gasteiger partial charge in [-0.2, -0.15) is 0 Å². The molecule has 0 aromatic carbocycles. The first kappa shape index (κ1) is 9.01. The molecule has 0 bridgehead atoms. The third kappa shape index (κ3) is 1.94. The average Bonchev–Trinajstić information content (AvgIpc) is 2.34. The van der Waals surface area contributed by atoms with Crippen LogP contribution in [0.25, 0.3) is 0 Å². The first-order chi connectivity index (χ1) is 5.22. The van der Waals surface area contributed by atoms with Crippen LogP contribution < -0.4 is 5.73 Å². The number of nitrogens with two attached hydrogens (primary N) is 1. The Hall–Kier alpha value is -0.0800. The van der Waals surface area contributed by atoms with E-state index in [1.807, 2.05) is 0 Å². The van der Waals surface area contributed by atoms with Gasteiger partial charge in [-0.15, -0.1) is 0 Å². The maximum Gasteiger partial charge on any atom is 0.0436 e. The van der Waals surface area contributed by atoms with Crippen LogP contribution >= 0.6 is 0 Å². The fourth-order valence-electron chi connectivity index (χ4n) is 2.25. The lowest BCUT2D eigenvalue weighted by molar-refractivity contribution is 0.187. The Morgan fingerprint density at radius 3 is 2.73 bits per heavy atom. The summed E-state index contributed by atoms with van der Waals surface area (Å²) in [5.41, 5.74) is 5.99. The number of hydrogen-bond acceptors (Lipinski definition) is 2. The monoisotopic (exact) mass is 157 g/mol. The second-order valence-electron chi connectivity index (χ2n) is 4.03. The van der Waals surface area contributed by atoms with Crippen LogP contribution in [0.3, 0.4) is 0 Å². The van der Waals surface area contributed by atoms with Crippen molar-refractivity contribution in [3.05, 3.63) is 0 Å². The van der Waals surface area contributed by atoms with Crippen molar-refractivity contribution in [2.24, 2.45) is 17.1 Å². The largest absolute Gasteiger partial charge is 0.396 e. The van der Waals surface area contributed by atoms with Crippen LogP contribution in [0.15, 0.2) is 0 Å². The van der Waals surface area contributed by atoms with Gasteiger partial charge in [-0.3, -0.25) is 0 Å². The highest BCUT2D eigenvalue weighted by atomic mass is 16.3. The molecule has 0 aromatic heterocycles. The highest BCUT2D eigenvalue weighted by molar-refractivity contribution is 4.88. The van der Waals surface area contributed by atoms with Gasteiger partial charge in [0, 0.05) is 6.61 Å². The molecule has 2 nitrogen and oxygen atoms in total. The minimum Gasteiger partial charge on any atom is -0.396 e. The highest BCUT2D eigenvalue weighted by Gasteiger charge is 2.35. The molecular formula is C9H19NO. The van der Waals surface area contributed by atoms with Crippen molar-refractivity contribution in [1.82, 2.24) is 0 Å². The number of rotatable bonds is 3. The normalized spacial score (nSPS) is 37.9. The zero-order valence-corrected chi connectivity index (χ0v) is 7.34. The van der Waals surface area contributed by atoms with Gasteiger partial charge in [-0.05, 0) is 37.1 Å². The zero-order valence-electron chi connectivity index (χ0n) is 7.34. The quantitative estimate of drug-likeness (QED) is 0.645. The summed E-state index contributed by atoms with van der Waals surface area (Å²) in [6.07, 6.45) is 4.61. The summed E-state index contributed by atoms with van der Waals surface area (Å²) in [7, 11) is 0. The Morgan fingerprint density at radius 2 is 2.36 bits per heavy atom. The SMILES string of the molecule is CC1CCC(CN)(CCO)C1. The molecule has 1 saturated carbocycles. The van der Waals surface area contributed by atoms with Crippen LogP contribution in [0.5, 0.6) is 0 Å². The summed E-state index contributed by atoms with van der Waals surface area (Å²) < 4.78 is 0. The summed E-state index contributed by atoms with van der Waals surface area (Å²) in [6, 6.07) is 0. The molecule has 1 fully saturated rings. The average molecular weight is 157 g/mol. The molecule has 66 valence electrons. The first-order valence-electron chi connectivity index (χ1n) is 4.53. The third-order valence-corrected chi connectivity index (χ3v) is 3.02. The fourth-order valence-corrected chi connectivity index (χ4v) is 2.25. The Labute approximate surface area is 68.8 Å². The number of aliphatic hydroxyl groups excluding tert-OH is 1. The molecule has 0 amide bonds. The minimum atomic E-state index is 0.286. The lowest BCUT2D eigenvalue weighted by Crippen LogP contribution is -2.28. The standard InChI is InChI=1S/C9H19NO/c1-8-2-3-9(6-8,7-10)4-5-11/h8,11H,2-7,10H2,1H3. The molecule has 2 atom stereocenters. The van der Waals surface area contributed by atoms with E-state index in [2.05, 4.69) is 6.92 Å². The number of hydrogen-bond donors (Lipinski definition) is 2. The van der Waals surface area contributed by atoms with Crippen LogP contribution in [0.2, 0.25) is 0 Å². The molecule has 0 heterocycles. The first-order valence-corrected chi connectivity index (χ1v) is 4.53. The zero-order chi connectivity index (χ0) is 8.32. The van der Waals surface area contributed by atoms with Gasteiger partial charge in [0.25, 0.3) is 0 Å². The summed E-state index contributed by atoms with van der Waals surface area (Å²) in [5.74, 6) is 0.810. The molecule has 11 heavy (non-hydrogen) atoms. The smallest absolute Gasteiger partial charge is 0.0436 e. The second-order valence-corrected chi connectivity index (χ2v) is 4.03. The molecule has 0 aromatic rings. The molecule has 2 unspecified atom stereocenters. The summed E-state index contributed by atoms with van der Waals surface area (Å²) in [4.78, 5) is 0. The van der Waals surface area contributed by atoms with E-state index in [9.17, 15) is 0 Å². The lowest BCUT2D eigenvalue weighted by Gasteiger charge is -2.26. The molecule has 1 aliphatic carbocycles. The van der Waals surface area contributed by atoms with Crippen molar-refractivity contribution in [2.45, 2.75) is 32.6 Å².